The Hall–Kier alpha value is -1.87. The predicted molar refractivity (Wildman–Crippen MR) is 66.7 cm³/mol. The van der Waals surface area contributed by atoms with Crippen LogP contribution in [0.5, 0.6) is 0 Å². The average molecular weight is 247 g/mol. The minimum absolute atomic E-state index is 0.00302. The molecule has 1 saturated heterocycles. The fourth-order valence-corrected chi connectivity index (χ4v) is 1.87. The molecule has 1 amide bonds. The Kier molecular flexibility index (Phi) is 3.63. The fourth-order valence-electron chi connectivity index (χ4n) is 1.87. The Morgan fingerprint density at radius 3 is 2.89 bits per heavy atom. The van der Waals surface area contributed by atoms with Crippen molar-refractivity contribution in [1.82, 2.24) is 15.1 Å². The molecule has 1 unspecified atom stereocenters. The number of amides is 1. The van der Waals surface area contributed by atoms with Crippen molar-refractivity contribution in [1.29, 1.82) is 5.26 Å². The van der Waals surface area contributed by atoms with Gasteiger partial charge in [-0.15, -0.1) is 0 Å². The quantitative estimate of drug-likeness (QED) is 0.823. The number of nitriles is 1. The first-order valence-electron chi connectivity index (χ1n) is 6.08. The second-order valence-electron chi connectivity index (χ2n) is 4.81. The first-order valence-corrected chi connectivity index (χ1v) is 6.08. The molecule has 6 nitrogen and oxygen atoms in total. The van der Waals surface area contributed by atoms with E-state index in [1.54, 1.807) is 16.9 Å². The Morgan fingerprint density at radius 1 is 1.67 bits per heavy atom. The maximum absolute atomic E-state index is 12.0. The van der Waals surface area contributed by atoms with Crippen molar-refractivity contribution in [2.75, 3.05) is 18.4 Å². The Labute approximate surface area is 106 Å². The average Bonchev–Trinajstić information content (AvgIpc) is 2.64. The lowest BCUT2D eigenvalue weighted by molar-refractivity contribution is -0.119. The number of aromatic nitrogens is 2. The van der Waals surface area contributed by atoms with Crippen LogP contribution in [0.3, 0.4) is 0 Å². The lowest BCUT2D eigenvalue weighted by atomic mass is 9.97. The molecule has 2 rings (SSSR count). The number of hydrogen-bond acceptors (Lipinski definition) is 4. The highest BCUT2D eigenvalue weighted by Gasteiger charge is 2.25. The molecule has 0 radical (unpaired) electrons. The summed E-state index contributed by atoms with van der Waals surface area (Å²) in [6, 6.07) is 4.08. The van der Waals surface area contributed by atoms with Gasteiger partial charge in [0.2, 0.25) is 5.91 Å². The van der Waals surface area contributed by atoms with Crippen LogP contribution < -0.4 is 10.6 Å². The molecule has 2 heterocycles. The number of hydrogen-bond donors (Lipinski definition) is 2. The number of rotatable bonds is 4. The Morgan fingerprint density at radius 2 is 2.39 bits per heavy atom. The van der Waals surface area contributed by atoms with E-state index >= 15 is 0 Å². The maximum Gasteiger partial charge on any atom is 0.243 e. The summed E-state index contributed by atoms with van der Waals surface area (Å²) in [5.41, 5.74) is 0. The van der Waals surface area contributed by atoms with Gasteiger partial charge in [0.15, 0.2) is 0 Å². The second-order valence-corrected chi connectivity index (χ2v) is 4.81. The summed E-state index contributed by atoms with van der Waals surface area (Å²) in [7, 11) is 0. The van der Waals surface area contributed by atoms with Gasteiger partial charge >= 0.3 is 0 Å². The largest absolute Gasteiger partial charge is 0.312 e. The topological polar surface area (TPSA) is 82.7 Å². The Bertz CT molecular complexity index is 469. The van der Waals surface area contributed by atoms with Crippen LogP contribution in [0, 0.1) is 23.2 Å². The molecule has 1 atom stereocenters. The minimum atomic E-state index is -0.632. The molecule has 0 aliphatic carbocycles. The number of carbonyl (C=O) groups excluding carboxylic acids is 1. The van der Waals surface area contributed by atoms with Crippen molar-refractivity contribution in [2.24, 2.45) is 11.8 Å². The van der Waals surface area contributed by atoms with Gasteiger partial charge in [-0.2, -0.15) is 10.4 Å². The summed E-state index contributed by atoms with van der Waals surface area (Å²) in [5.74, 6) is -0.237. The van der Waals surface area contributed by atoms with Crippen molar-refractivity contribution >= 4 is 11.7 Å². The van der Waals surface area contributed by atoms with Crippen LogP contribution >= 0.6 is 0 Å². The normalized spacial score (nSPS) is 17.0. The van der Waals surface area contributed by atoms with Gasteiger partial charge < -0.3 is 10.6 Å². The summed E-state index contributed by atoms with van der Waals surface area (Å²) in [5, 5.41) is 19.1. The molecule has 0 aromatic carbocycles. The lowest BCUT2D eigenvalue weighted by Crippen LogP contribution is -2.44. The molecule has 2 N–H and O–H groups in total. The zero-order valence-electron chi connectivity index (χ0n) is 10.6. The van der Waals surface area contributed by atoms with Gasteiger partial charge in [-0.3, -0.25) is 4.79 Å². The first kappa shape index (κ1) is 12.6. The van der Waals surface area contributed by atoms with Gasteiger partial charge in [-0.25, -0.2) is 4.68 Å². The smallest absolute Gasteiger partial charge is 0.243 e. The standard InChI is InChI=1S/C12H17N5O/c1-8(2)10(5-13)12(18)16-11-3-4-15-17(11)9-6-14-7-9/h3-4,8-10,14H,6-7H2,1-2H3,(H,16,18). The second kappa shape index (κ2) is 5.19. The van der Waals surface area contributed by atoms with E-state index in [4.69, 9.17) is 5.26 Å². The zero-order chi connectivity index (χ0) is 13.1. The van der Waals surface area contributed by atoms with Gasteiger partial charge in [-0.1, -0.05) is 13.8 Å². The first-order chi connectivity index (χ1) is 8.63. The van der Waals surface area contributed by atoms with Gasteiger partial charge in [0.05, 0.1) is 18.3 Å². The number of carbonyl (C=O) groups is 1. The van der Waals surface area contributed by atoms with Crippen LogP contribution in [0.2, 0.25) is 0 Å². The highest BCUT2D eigenvalue weighted by atomic mass is 16.2. The third kappa shape index (κ3) is 2.36. The van der Waals surface area contributed by atoms with Crippen LogP contribution in [-0.2, 0) is 4.79 Å². The molecular formula is C12H17N5O. The van der Waals surface area contributed by atoms with Crippen LogP contribution in [0.4, 0.5) is 5.82 Å². The summed E-state index contributed by atoms with van der Waals surface area (Å²) in [6.45, 7) is 5.44. The third-order valence-electron chi connectivity index (χ3n) is 3.12. The molecular weight excluding hydrogens is 230 g/mol. The Balaban J connectivity index is 2.07. The molecule has 0 saturated carbocycles. The molecule has 96 valence electrons. The molecule has 1 aromatic rings. The number of nitrogens with zero attached hydrogens (tertiary/aromatic N) is 3. The van der Waals surface area contributed by atoms with Gasteiger partial charge in [0.1, 0.15) is 11.7 Å². The van der Waals surface area contributed by atoms with E-state index in [1.165, 1.54) is 0 Å². The predicted octanol–water partition coefficient (Wildman–Crippen LogP) is 0.762. The molecule has 0 spiro atoms. The molecule has 6 heteroatoms. The minimum Gasteiger partial charge on any atom is -0.312 e. The van der Waals surface area contributed by atoms with E-state index in [9.17, 15) is 4.79 Å². The molecule has 18 heavy (non-hydrogen) atoms. The van der Waals surface area contributed by atoms with Crippen molar-refractivity contribution < 1.29 is 4.79 Å². The van der Waals surface area contributed by atoms with Gasteiger partial charge in [0, 0.05) is 19.2 Å². The maximum atomic E-state index is 12.0. The van der Waals surface area contributed by atoms with Crippen LogP contribution in [0.15, 0.2) is 12.3 Å². The van der Waals surface area contributed by atoms with Crippen LogP contribution in [-0.4, -0.2) is 28.8 Å². The van der Waals surface area contributed by atoms with Crippen molar-refractivity contribution in [3.05, 3.63) is 12.3 Å². The van der Waals surface area contributed by atoms with E-state index in [-0.39, 0.29) is 17.9 Å². The van der Waals surface area contributed by atoms with E-state index in [0.717, 1.165) is 13.1 Å². The molecule has 1 aliphatic heterocycles. The van der Waals surface area contributed by atoms with Crippen molar-refractivity contribution in [2.45, 2.75) is 19.9 Å². The molecule has 0 bridgehead atoms. The van der Waals surface area contributed by atoms with Crippen LogP contribution in [0.25, 0.3) is 0 Å². The lowest BCUT2D eigenvalue weighted by Gasteiger charge is -2.29. The molecule has 1 aliphatic rings. The van der Waals surface area contributed by atoms with Gasteiger partial charge in [-0.05, 0) is 5.92 Å². The highest BCUT2D eigenvalue weighted by Crippen LogP contribution is 2.19. The van der Waals surface area contributed by atoms with Crippen molar-refractivity contribution in [3.63, 3.8) is 0 Å². The monoisotopic (exact) mass is 247 g/mol. The van der Waals surface area contributed by atoms with Gasteiger partial charge in [0.25, 0.3) is 0 Å². The summed E-state index contributed by atoms with van der Waals surface area (Å²) in [6.07, 6.45) is 1.66. The third-order valence-corrected chi connectivity index (χ3v) is 3.12. The fraction of sp³-hybridized carbons (Fsp3) is 0.583. The van der Waals surface area contributed by atoms with E-state index in [2.05, 4.69) is 15.7 Å². The van der Waals surface area contributed by atoms with Crippen molar-refractivity contribution in [3.8, 4) is 6.07 Å². The molecule has 1 aromatic heterocycles. The van der Waals surface area contributed by atoms with Crippen LogP contribution in [0.1, 0.15) is 19.9 Å². The van der Waals surface area contributed by atoms with E-state index in [1.807, 2.05) is 19.9 Å². The summed E-state index contributed by atoms with van der Waals surface area (Å²) in [4.78, 5) is 12.0. The highest BCUT2D eigenvalue weighted by molar-refractivity contribution is 5.93. The zero-order valence-corrected chi connectivity index (χ0v) is 10.6. The number of nitrogens with one attached hydrogen (secondary N) is 2. The number of anilines is 1. The van der Waals surface area contributed by atoms with E-state index in [0.29, 0.717) is 5.82 Å². The summed E-state index contributed by atoms with van der Waals surface area (Å²) < 4.78 is 1.79. The molecule has 1 fully saturated rings. The van der Waals surface area contributed by atoms with E-state index < -0.39 is 5.92 Å². The summed E-state index contributed by atoms with van der Waals surface area (Å²) >= 11 is 0. The SMILES string of the molecule is CC(C)C(C#N)C(=O)Nc1ccnn1C1CNC1.